The largest absolute Gasteiger partial charge is 0.465 e. The van der Waals surface area contributed by atoms with Crippen molar-refractivity contribution in [2.75, 3.05) is 24.7 Å². The SMILES string of the molecule is CCOC(=O)CN1C(=O)[C@@]2(C(C(=O)OCC)=C(N)OC3=C2C(=O)CC(C)(C)C3)c2ccccc21. The van der Waals surface area contributed by atoms with E-state index in [-0.39, 0.29) is 54.8 Å². The molecule has 2 N–H and O–H groups in total. The fourth-order valence-corrected chi connectivity index (χ4v) is 5.15. The predicted molar refractivity (Wildman–Crippen MR) is 121 cm³/mol. The number of ketones is 1. The number of nitrogens with zero attached hydrogens (tertiary/aromatic N) is 1. The maximum Gasteiger partial charge on any atom is 0.341 e. The first-order valence-electron chi connectivity index (χ1n) is 11.3. The van der Waals surface area contributed by atoms with Crippen LogP contribution in [-0.2, 0) is 38.8 Å². The molecule has 0 saturated carbocycles. The van der Waals surface area contributed by atoms with E-state index in [1.54, 1.807) is 38.1 Å². The second-order valence-corrected chi connectivity index (χ2v) is 9.26. The van der Waals surface area contributed by atoms with Gasteiger partial charge in [0.05, 0.1) is 18.8 Å². The molecule has 1 aliphatic carbocycles. The van der Waals surface area contributed by atoms with Crippen LogP contribution in [0.15, 0.2) is 47.1 Å². The van der Waals surface area contributed by atoms with Gasteiger partial charge < -0.3 is 19.9 Å². The van der Waals surface area contributed by atoms with Crippen molar-refractivity contribution in [3.8, 4) is 0 Å². The Labute approximate surface area is 197 Å². The van der Waals surface area contributed by atoms with Crippen LogP contribution >= 0.6 is 0 Å². The van der Waals surface area contributed by atoms with Crippen LogP contribution < -0.4 is 10.6 Å². The van der Waals surface area contributed by atoms with E-state index < -0.39 is 28.7 Å². The van der Waals surface area contributed by atoms with Gasteiger partial charge in [-0.2, -0.15) is 0 Å². The minimum Gasteiger partial charge on any atom is -0.465 e. The number of allylic oxidation sites excluding steroid dienone is 1. The lowest BCUT2D eigenvalue weighted by Gasteiger charge is -2.42. The molecule has 1 aromatic carbocycles. The minimum atomic E-state index is -1.87. The summed E-state index contributed by atoms with van der Waals surface area (Å²) in [5, 5.41) is 0. The van der Waals surface area contributed by atoms with Gasteiger partial charge in [-0.3, -0.25) is 19.3 Å². The molecule has 1 aromatic rings. The van der Waals surface area contributed by atoms with Crippen LogP contribution in [0.4, 0.5) is 5.69 Å². The Morgan fingerprint density at radius 1 is 1.09 bits per heavy atom. The Hall–Kier alpha value is -3.62. The molecule has 4 rings (SSSR count). The average molecular weight is 469 g/mol. The second-order valence-electron chi connectivity index (χ2n) is 9.26. The Morgan fingerprint density at radius 2 is 1.76 bits per heavy atom. The number of esters is 2. The summed E-state index contributed by atoms with van der Waals surface area (Å²) in [6.45, 7) is 6.92. The van der Waals surface area contributed by atoms with Crippen molar-refractivity contribution in [2.45, 2.75) is 46.0 Å². The van der Waals surface area contributed by atoms with Gasteiger partial charge >= 0.3 is 11.9 Å². The Morgan fingerprint density at radius 3 is 2.44 bits per heavy atom. The summed E-state index contributed by atoms with van der Waals surface area (Å²) in [6.07, 6.45) is 0.500. The average Bonchev–Trinajstić information content (AvgIpc) is 2.96. The zero-order chi connectivity index (χ0) is 24.8. The monoisotopic (exact) mass is 468 g/mol. The lowest BCUT2D eigenvalue weighted by atomic mass is 9.62. The molecule has 34 heavy (non-hydrogen) atoms. The Kier molecular flexibility index (Phi) is 5.75. The quantitative estimate of drug-likeness (QED) is 0.652. The minimum absolute atomic E-state index is 0.0287. The molecule has 2 aliphatic heterocycles. The fraction of sp³-hybridized carbons (Fsp3) is 0.440. The summed E-state index contributed by atoms with van der Waals surface area (Å²) < 4.78 is 16.2. The van der Waals surface area contributed by atoms with E-state index in [4.69, 9.17) is 19.9 Å². The zero-order valence-electron chi connectivity index (χ0n) is 19.7. The van der Waals surface area contributed by atoms with Crippen LogP contribution in [0.25, 0.3) is 0 Å². The van der Waals surface area contributed by atoms with E-state index in [0.717, 1.165) is 0 Å². The molecule has 0 aromatic heterocycles. The summed E-state index contributed by atoms with van der Waals surface area (Å²) in [7, 11) is 0. The fourth-order valence-electron chi connectivity index (χ4n) is 5.15. The number of hydrogen-bond acceptors (Lipinski definition) is 8. The van der Waals surface area contributed by atoms with Crippen LogP contribution in [0.3, 0.4) is 0 Å². The smallest absolute Gasteiger partial charge is 0.341 e. The van der Waals surface area contributed by atoms with Gasteiger partial charge in [-0.1, -0.05) is 32.0 Å². The van der Waals surface area contributed by atoms with Crippen LogP contribution in [0.1, 0.15) is 46.1 Å². The normalized spacial score (nSPS) is 23.0. The molecule has 9 heteroatoms. The maximum atomic E-state index is 14.3. The summed E-state index contributed by atoms with van der Waals surface area (Å²) in [6, 6.07) is 6.73. The van der Waals surface area contributed by atoms with Crippen molar-refractivity contribution in [3.05, 3.63) is 52.6 Å². The third kappa shape index (κ3) is 3.38. The van der Waals surface area contributed by atoms with Gasteiger partial charge in [-0.25, -0.2) is 4.79 Å². The standard InChI is InChI=1S/C25H28N2O7/c1-5-32-18(29)13-27-15-10-8-7-9-14(15)25(23(27)31)19-16(28)11-24(3,4)12-17(19)34-21(26)20(25)22(30)33-6-2/h7-10H,5-6,11-13,26H2,1-4H3/t25-/m0/s1. The van der Waals surface area contributed by atoms with E-state index in [2.05, 4.69) is 0 Å². The van der Waals surface area contributed by atoms with Crippen molar-refractivity contribution in [3.63, 3.8) is 0 Å². The molecule has 0 saturated heterocycles. The topological polar surface area (TPSA) is 125 Å². The number of hydrogen-bond donors (Lipinski definition) is 1. The molecule has 1 atom stereocenters. The van der Waals surface area contributed by atoms with Crippen molar-refractivity contribution in [2.24, 2.45) is 11.1 Å². The highest BCUT2D eigenvalue weighted by Crippen LogP contribution is 2.57. The molecule has 0 radical (unpaired) electrons. The van der Waals surface area contributed by atoms with Crippen LogP contribution in [0.5, 0.6) is 0 Å². The number of anilines is 1. The molecule has 1 amide bonds. The number of ether oxygens (including phenoxy) is 3. The highest BCUT2D eigenvalue weighted by molar-refractivity contribution is 6.24. The third-order valence-electron chi connectivity index (χ3n) is 6.30. The van der Waals surface area contributed by atoms with Gasteiger partial charge in [0.2, 0.25) is 11.8 Å². The summed E-state index contributed by atoms with van der Waals surface area (Å²) >= 11 is 0. The molecular weight excluding hydrogens is 440 g/mol. The van der Waals surface area contributed by atoms with Gasteiger partial charge in [0, 0.05) is 24.1 Å². The lowest BCUT2D eigenvalue weighted by Crippen LogP contribution is -2.53. The van der Waals surface area contributed by atoms with Crippen molar-refractivity contribution >= 4 is 29.3 Å². The molecule has 0 bridgehead atoms. The highest BCUT2D eigenvalue weighted by atomic mass is 16.5. The molecule has 0 unspecified atom stereocenters. The second kappa shape index (κ2) is 8.30. The van der Waals surface area contributed by atoms with E-state index >= 15 is 0 Å². The van der Waals surface area contributed by atoms with Crippen LogP contribution in [0.2, 0.25) is 0 Å². The van der Waals surface area contributed by atoms with Gasteiger partial charge in [0.1, 0.15) is 23.3 Å². The Balaban J connectivity index is 2.02. The third-order valence-corrected chi connectivity index (χ3v) is 6.30. The van der Waals surface area contributed by atoms with Gasteiger partial charge in [-0.05, 0) is 25.3 Å². The van der Waals surface area contributed by atoms with E-state index in [1.807, 2.05) is 13.8 Å². The molecule has 9 nitrogen and oxygen atoms in total. The number of fused-ring (bicyclic) bond motifs is 3. The molecule has 180 valence electrons. The number of carbonyl (C=O) groups is 4. The molecule has 2 heterocycles. The maximum absolute atomic E-state index is 14.3. The lowest BCUT2D eigenvalue weighted by molar-refractivity contribution is -0.142. The molecule has 3 aliphatic rings. The molecule has 1 spiro atoms. The number of benzene rings is 1. The summed E-state index contributed by atoms with van der Waals surface area (Å²) in [4.78, 5) is 54.8. The van der Waals surface area contributed by atoms with Crippen LogP contribution in [0, 0.1) is 5.41 Å². The number of carbonyl (C=O) groups excluding carboxylic acids is 4. The number of Topliss-reactive ketones (excluding diaryl/α,β-unsaturated/α-hetero) is 1. The summed E-state index contributed by atoms with van der Waals surface area (Å²) in [5.41, 5.74) is 4.56. The first-order valence-corrected chi connectivity index (χ1v) is 11.3. The summed E-state index contributed by atoms with van der Waals surface area (Å²) in [5.74, 6) is -2.46. The first kappa shape index (κ1) is 23.5. The predicted octanol–water partition coefficient (Wildman–Crippen LogP) is 2.24. The van der Waals surface area contributed by atoms with Crippen molar-refractivity contribution in [1.82, 2.24) is 0 Å². The van der Waals surface area contributed by atoms with E-state index in [1.165, 1.54) is 4.90 Å². The van der Waals surface area contributed by atoms with Gasteiger partial charge in [0.15, 0.2) is 5.78 Å². The number of amides is 1. The molecular formula is C25H28N2O7. The van der Waals surface area contributed by atoms with Gasteiger partial charge in [-0.15, -0.1) is 0 Å². The molecule has 0 fully saturated rings. The van der Waals surface area contributed by atoms with E-state index in [0.29, 0.717) is 17.7 Å². The van der Waals surface area contributed by atoms with Gasteiger partial charge in [0.25, 0.3) is 0 Å². The van der Waals surface area contributed by atoms with E-state index in [9.17, 15) is 19.2 Å². The first-order chi connectivity index (χ1) is 16.1. The van der Waals surface area contributed by atoms with Crippen LogP contribution in [-0.4, -0.2) is 43.4 Å². The zero-order valence-corrected chi connectivity index (χ0v) is 19.7. The Bertz CT molecular complexity index is 1160. The van der Waals surface area contributed by atoms with Crippen molar-refractivity contribution < 1.29 is 33.4 Å². The van der Waals surface area contributed by atoms with Crippen molar-refractivity contribution in [1.29, 1.82) is 0 Å². The number of rotatable bonds is 5. The number of para-hydroxylation sites is 1. The number of nitrogens with two attached hydrogens (primary N) is 1. The highest BCUT2D eigenvalue weighted by Gasteiger charge is 2.64.